The van der Waals surface area contributed by atoms with E-state index in [-0.39, 0.29) is 0 Å². The molecule has 1 nitrogen and oxygen atoms in total. The number of fused-ring (bicyclic) bond motifs is 11. The highest BCUT2D eigenvalue weighted by molar-refractivity contribution is 8.00. The molecule has 0 N–H and O–H groups in total. The first-order valence-electron chi connectivity index (χ1n) is 17.8. The van der Waals surface area contributed by atoms with E-state index in [1.165, 1.54) is 91.6 Å². The van der Waals surface area contributed by atoms with Crippen LogP contribution in [0.2, 0.25) is 0 Å². The molecular weight excluding hydrogens is 667 g/mol. The van der Waals surface area contributed by atoms with Crippen LogP contribution in [-0.4, -0.2) is 4.57 Å². The minimum absolute atomic E-state index is 0.499. The van der Waals surface area contributed by atoms with E-state index in [0.29, 0.717) is 0 Å². The fourth-order valence-electron chi connectivity index (χ4n) is 8.86. The maximum Gasteiger partial charge on any atom is 0.0745 e. The van der Waals surface area contributed by atoms with E-state index in [1.54, 1.807) is 0 Å². The second-order valence-electron chi connectivity index (χ2n) is 13.6. The molecule has 11 rings (SSSR count). The Kier molecular flexibility index (Phi) is 6.70. The van der Waals surface area contributed by atoms with Gasteiger partial charge in [0, 0.05) is 36.0 Å². The van der Waals surface area contributed by atoms with Crippen LogP contribution in [0, 0.1) is 0 Å². The molecule has 0 amide bonds. The summed E-state index contributed by atoms with van der Waals surface area (Å²) in [4.78, 5) is 5.27. The van der Waals surface area contributed by atoms with Crippen LogP contribution in [-0.2, 0) is 5.41 Å². The van der Waals surface area contributed by atoms with Gasteiger partial charge in [-0.05, 0) is 80.9 Å². The molecule has 1 spiro atoms. The van der Waals surface area contributed by atoms with Gasteiger partial charge in [-0.3, -0.25) is 0 Å². The smallest absolute Gasteiger partial charge is 0.0745 e. The summed E-state index contributed by atoms with van der Waals surface area (Å²) in [6, 6.07) is 69.6. The normalized spacial score (nSPS) is 15.6. The molecule has 8 aromatic carbocycles. The van der Waals surface area contributed by atoms with Gasteiger partial charge in [-0.25, -0.2) is 0 Å². The highest BCUT2D eigenvalue weighted by Crippen LogP contribution is 2.64. The zero-order valence-electron chi connectivity index (χ0n) is 28.2. The van der Waals surface area contributed by atoms with Gasteiger partial charge in [0.2, 0.25) is 0 Å². The van der Waals surface area contributed by atoms with Crippen molar-refractivity contribution < 1.29 is 0 Å². The molecular formula is C49H31NS2. The number of nitrogens with zero attached hydrogens (tertiary/aromatic N) is 1. The number of hydrogen-bond acceptors (Lipinski definition) is 2. The number of para-hydroxylation sites is 2. The molecule has 3 heteroatoms. The lowest BCUT2D eigenvalue weighted by molar-refractivity contribution is 0.668. The third-order valence-electron chi connectivity index (χ3n) is 10.9. The second-order valence-corrected chi connectivity index (χ2v) is 15.7. The summed E-state index contributed by atoms with van der Waals surface area (Å²) in [5.41, 5.74) is 13.6. The van der Waals surface area contributed by atoms with Crippen molar-refractivity contribution >= 4 is 45.3 Å². The van der Waals surface area contributed by atoms with Crippen LogP contribution in [0.25, 0.3) is 49.7 Å². The summed E-state index contributed by atoms with van der Waals surface area (Å²) in [6.45, 7) is 0. The van der Waals surface area contributed by atoms with Crippen molar-refractivity contribution in [3.8, 4) is 27.9 Å². The maximum atomic E-state index is 2.42. The molecule has 0 radical (unpaired) electrons. The molecule has 2 aliphatic heterocycles. The predicted molar refractivity (Wildman–Crippen MR) is 218 cm³/mol. The fourth-order valence-corrected chi connectivity index (χ4v) is 11.5. The summed E-state index contributed by atoms with van der Waals surface area (Å²) < 4.78 is 2.42. The highest BCUT2D eigenvalue weighted by atomic mass is 32.2. The van der Waals surface area contributed by atoms with Gasteiger partial charge in [0.05, 0.1) is 16.4 Å². The zero-order chi connectivity index (χ0) is 34.2. The van der Waals surface area contributed by atoms with Gasteiger partial charge in [-0.15, -0.1) is 0 Å². The first kappa shape index (κ1) is 29.9. The molecule has 1 atom stereocenters. The average molecular weight is 698 g/mol. The van der Waals surface area contributed by atoms with E-state index in [1.807, 2.05) is 23.5 Å². The summed E-state index contributed by atoms with van der Waals surface area (Å²) >= 11 is 3.84. The van der Waals surface area contributed by atoms with Gasteiger partial charge < -0.3 is 4.57 Å². The Morgan fingerprint density at radius 2 is 0.865 bits per heavy atom. The van der Waals surface area contributed by atoms with E-state index >= 15 is 0 Å². The molecule has 244 valence electrons. The predicted octanol–water partition coefficient (Wildman–Crippen LogP) is 13.4. The lowest BCUT2D eigenvalue weighted by Crippen LogP contribution is -2.37. The van der Waals surface area contributed by atoms with E-state index < -0.39 is 5.41 Å². The summed E-state index contributed by atoms with van der Waals surface area (Å²) in [5.74, 6) is 0. The Hall–Kier alpha value is -5.74. The summed E-state index contributed by atoms with van der Waals surface area (Å²) in [5, 5.41) is 2.55. The first-order valence-corrected chi connectivity index (χ1v) is 19.4. The van der Waals surface area contributed by atoms with Gasteiger partial charge in [0.1, 0.15) is 0 Å². The van der Waals surface area contributed by atoms with Gasteiger partial charge in [0.15, 0.2) is 0 Å². The van der Waals surface area contributed by atoms with Crippen molar-refractivity contribution in [3.05, 3.63) is 210 Å². The van der Waals surface area contributed by atoms with Crippen LogP contribution in [0.1, 0.15) is 22.3 Å². The summed E-state index contributed by atoms with van der Waals surface area (Å²) in [6.07, 6.45) is 0. The van der Waals surface area contributed by atoms with Crippen LogP contribution in [0.4, 0.5) is 0 Å². The Bertz CT molecular complexity index is 2840. The number of benzene rings is 8. The standard InChI is InChI=1S/C49H31NS2/c1-3-16-32(17-4-1)34-21-13-26-40-47(34)51-44-30-11-8-24-38(44)49(40)39-25-9-12-31-45(39)52-48-36(23-14-27-41(48)49)35-22-15-29-43-46(35)37-20-7-10-28-42(37)50(43)33-18-5-2-6-19-33/h1-31H. The van der Waals surface area contributed by atoms with Crippen LogP contribution in [0.5, 0.6) is 0 Å². The van der Waals surface area contributed by atoms with E-state index in [2.05, 4.69) is 193 Å². The number of aromatic nitrogens is 1. The minimum Gasteiger partial charge on any atom is -0.309 e. The van der Waals surface area contributed by atoms with Crippen molar-refractivity contribution in [2.24, 2.45) is 0 Å². The Labute approximate surface area is 311 Å². The molecule has 0 saturated carbocycles. The van der Waals surface area contributed by atoms with Crippen LogP contribution >= 0.6 is 23.5 Å². The van der Waals surface area contributed by atoms with Gasteiger partial charge in [-0.1, -0.05) is 175 Å². The fraction of sp³-hybridized carbons (Fsp3) is 0.0204. The third-order valence-corrected chi connectivity index (χ3v) is 13.4. The number of hydrogen-bond donors (Lipinski definition) is 0. The highest BCUT2D eigenvalue weighted by Gasteiger charge is 2.49. The van der Waals surface area contributed by atoms with Crippen molar-refractivity contribution in [3.63, 3.8) is 0 Å². The number of rotatable bonds is 3. The van der Waals surface area contributed by atoms with E-state index in [9.17, 15) is 0 Å². The van der Waals surface area contributed by atoms with E-state index in [4.69, 9.17) is 0 Å². The third kappa shape index (κ3) is 4.15. The molecule has 9 aromatic rings. The lowest BCUT2D eigenvalue weighted by Gasteiger charge is -2.46. The molecule has 1 unspecified atom stereocenters. The Balaban J connectivity index is 1.25. The van der Waals surface area contributed by atoms with Crippen molar-refractivity contribution in [2.45, 2.75) is 25.0 Å². The average Bonchev–Trinajstić information content (AvgIpc) is 3.56. The quantitative estimate of drug-likeness (QED) is 0.181. The molecule has 0 bridgehead atoms. The van der Waals surface area contributed by atoms with Crippen LogP contribution in [0.3, 0.4) is 0 Å². The SMILES string of the molecule is c1ccc(-c2cccc3c2Sc2ccccc2C32c3ccccc3Sc3c(-c4cccc5c4c4ccccc4n5-c4ccccc4)cccc32)cc1. The van der Waals surface area contributed by atoms with Gasteiger partial charge in [0.25, 0.3) is 0 Å². The lowest BCUT2D eigenvalue weighted by atomic mass is 9.64. The largest absolute Gasteiger partial charge is 0.309 e. The zero-order valence-corrected chi connectivity index (χ0v) is 29.8. The van der Waals surface area contributed by atoms with E-state index in [0.717, 1.165) is 0 Å². The van der Waals surface area contributed by atoms with Crippen molar-refractivity contribution in [2.75, 3.05) is 0 Å². The Morgan fingerprint density at radius 1 is 0.365 bits per heavy atom. The van der Waals surface area contributed by atoms with Gasteiger partial charge in [-0.2, -0.15) is 0 Å². The molecule has 2 aliphatic rings. The molecule has 0 aliphatic carbocycles. The van der Waals surface area contributed by atoms with Crippen molar-refractivity contribution in [1.82, 2.24) is 4.57 Å². The van der Waals surface area contributed by atoms with Crippen molar-refractivity contribution in [1.29, 1.82) is 0 Å². The first-order chi connectivity index (χ1) is 25.8. The minimum atomic E-state index is -0.499. The second kappa shape index (κ2) is 11.6. The van der Waals surface area contributed by atoms with Crippen LogP contribution < -0.4 is 0 Å². The molecule has 3 heterocycles. The van der Waals surface area contributed by atoms with Gasteiger partial charge >= 0.3 is 0 Å². The molecule has 1 aromatic heterocycles. The molecule has 0 saturated heterocycles. The maximum absolute atomic E-state index is 2.42. The van der Waals surface area contributed by atoms with Crippen LogP contribution in [0.15, 0.2) is 208 Å². The topological polar surface area (TPSA) is 4.93 Å². The summed E-state index contributed by atoms with van der Waals surface area (Å²) in [7, 11) is 0. The monoisotopic (exact) mass is 697 g/mol. The molecule has 52 heavy (non-hydrogen) atoms. The Morgan fingerprint density at radius 3 is 1.58 bits per heavy atom. The molecule has 0 fully saturated rings.